The molecule has 0 heterocycles. The van der Waals surface area contributed by atoms with Crippen LogP contribution in [0.25, 0.3) is 0 Å². The number of aryl methyl sites for hydroxylation is 1. The Morgan fingerprint density at radius 1 is 1.24 bits per heavy atom. The van der Waals surface area contributed by atoms with Crippen LogP contribution >= 0.6 is 0 Å². The molecule has 0 aliphatic heterocycles. The standard InChI is InChI=1S/C14H18F3NO3/c1-10-5-3-4-6-11(10)13(7-18,12(19)20-2)8-21-9-14(15,16)17/h3-6H,7-9,18H2,1-2H3. The lowest BCUT2D eigenvalue weighted by atomic mass is 9.79. The van der Waals surface area contributed by atoms with E-state index in [0.29, 0.717) is 5.56 Å². The lowest BCUT2D eigenvalue weighted by molar-refractivity contribution is -0.182. The number of hydrogen-bond acceptors (Lipinski definition) is 4. The summed E-state index contributed by atoms with van der Waals surface area (Å²) in [6.07, 6.45) is -4.47. The van der Waals surface area contributed by atoms with Crippen LogP contribution in [-0.4, -0.2) is 39.0 Å². The van der Waals surface area contributed by atoms with E-state index >= 15 is 0 Å². The molecule has 118 valence electrons. The minimum absolute atomic E-state index is 0.220. The Labute approximate surface area is 121 Å². The van der Waals surface area contributed by atoms with Crippen LogP contribution in [0, 0.1) is 6.92 Å². The van der Waals surface area contributed by atoms with Gasteiger partial charge in [0.2, 0.25) is 0 Å². The highest BCUT2D eigenvalue weighted by atomic mass is 19.4. The van der Waals surface area contributed by atoms with Gasteiger partial charge in [0.15, 0.2) is 0 Å². The molecule has 0 fully saturated rings. The fourth-order valence-corrected chi connectivity index (χ4v) is 2.15. The number of methoxy groups -OCH3 is 1. The predicted molar refractivity (Wildman–Crippen MR) is 70.8 cm³/mol. The third-order valence-electron chi connectivity index (χ3n) is 3.20. The Kier molecular flexibility index (Phi) is 5.74. The maximum atomic E-state index is 12.2. The number of benzene rings is 1. The van der Waals surface area contributed by atoms with Gasteiger partial charge in [0.05, 0.1) is 13.7 Å². The zero-order chi connectivity index (χ0) is 16.1. The molecule has 0 saturated carbocycles. The number of alkyl halides is 3. The summed E-state index contributed by atoms with van der Waals surface area (Å²) in [4.78, 5) is 12.1. The van der Waals surface area contributed by atoms with E-state index in [4.69, 9.17) is 10.5 Å². The third kappa shape index (κ3) is 4.18. The first kappa shape index (κ1) is 17.5. The van der Waals surface area contributed by atoms with Crippen LogP contribution in [0.15, 0.2) is 24.3 Å². The van der Waals surface area contributed by atoms with Crippen LogP contribution in [0.4, 0.5) is 13.2 Å². The molecule has 0 spiro atoms. The fourth-order valence-electron chi connectivity index (χ4n) is 2.15. The number of rotatable bonds is 6. The highest BCUT2D eigenvalue weighted by molar-refractivity contribution is 5.84. The SMILES string of the molecule is COC(=O)C(CN)(COCC(F)(F)F)c1ccccc1C. The monoisotopic (exact) mass is 305 g/mol. The van der Waals surface area contributed by atoms with E-state index in [9.17, 15) is 18.0 Å². The minimum atomic E-state index is -4.47. The molecule has 7 heteroatoms. The number of ether oxygens (including phenoxy) is 2. The number of hydrogen-bond donors (Lipinski definition) is 1. The molecule has 2 N–H and O–H groups in total. The summed E-state index contributed by atoms with van der Waals surface area (Å²) >= 11 is 0. The van der Waals surface area contributed by atoms with E-state index in [0.717, 1.165) is 12.7 Å². The molecule has 0 aromatic heterocycles. The molecule has 0 radical (unpaired) electrons. The van der Waals surface area contributed by atoms with Crippen LogP contribution in [0.3, 0.4) is 0 Å². The van der Waals surface area contributed by atoms with Crippen molar-refractivity contribution in [1.29, 1.82) is 0 Å². The van der Waals surface area contributed by atoms with E-state index in [1.54, 1.807) is 31.2 Å². The van der Waals surface area contributed by atoms with Gasteiger partial charge >= 0.3 is 12.1 Å². The van der Waals surface area contributed by atoms with Gasteiger partial charge < -0.3 is 15.2 Å². The molecule has 1 rings (SSSR count). The minimum Gasteiger partial charge on any atom is -0.468 e. The highest BCUT2D eigenvalue weighted by Gasteiger charge is 2.42. The number of halogens is 3. The van der Waals surface area contributed by atoms with E-state index in [-0.39, 0.29) is 6.54 Å². The second-order valence-corrected chi connectivity index (χ2v) is 4.70. The first-order chi connectivity index (χ1) is 9.77. The van der Waals surface area contributed by atoms with Gasteiger partial charge in [-0.05, 0) is 18.1 Å². The summed E-state index contributed by atoms with van der Waals surface area (Å²) in [6, 6.07) is 6.82. The number of esters is 1. The Bertz CT molecular complexity index is 491. The summed E-state index contributed by atoms with van der Waals surface area (Å²) in [5.74, 6) is -0.721. The zero-order valence-corrected chi connectivity index (χ0v) is 11.9. The molecule has 0 amide bonds. The largest absolute Gasteiger partial charge is 0.468 e. The average Bonchev–Trinajstić information content (AvgIpc) is 2.43. The Hall–Kier alpha value is -1.60. The first-order valence-corrected chi connectivity index (χ1v) is 6.26. The van der Waals surface area contributed by atoms with Crippen LogP contribution < -0.4 is 5.73 Å². The van der Waals surface area contributed by atoms with Crippen molar-refractivity contribution in [2.75, 3.05) is 26.9 Å². The molecule has 1 aromatic rings. The Morgan fingerprint density at radius 3 is 2.33 bits per heavy atom. The van der Waals surface area contributed by atoms with E-state index < -0.39 is 30.8 Å². The molecule has 1 atom stereocenters. The summed E-state index contributed by atoms with van der Waals surface area (Å²) in [7, 11) is 1.16. The van der Waals surface area contributed by atoms with E-state index in [1.165, 1.54) is 0 Å². The highest BCUT2D eigenvalue weighted by Crippen LogP contribution is 2.29. The smallest absolute Gasteiger partial charge is 0.411 e. The van der Waals surface area contributed by atoms with Crippen molar-refractivity contribution in [2.24, 2.45) is 5.73 Å². The van der Waals surface area contributed by atoms with Crippen molar-refractivity contribution in [1.82, 2.24) is 0 Å². The van der Waals surface area contributed by atoms with Crippen molar-refractivity contribution in [3.8, 4) is 0 Å². The summed E-state index contributed by atoms with van der Waals surface area (Å²) in [6.45, 7) is -0.424. The lowest BCUT2D eigenvalue weighted by Gasteiger charge is -2.31. The van der Waals surface area contributed by atoms with E-state index in [1.807, 2.05) is 0 Å². The molecule has 1 aromatic carbocycles. The quantitative estimate of drug-likeness (QED) is 0.816. The van der Waals surface area contributed by atoms with Gasteiger partial charge in [-0.15, -0.1) is 0 Å². The predicted octanol–water partition coefficient (Wildman–Crippen LogP) is 1.94. The van der Waals surface area contributed by atoms with Crippen molar-refractivity contribution in [3.63, 3.8) is 0 Å². The van der Waals surface area contributed by atoms with Gasteiger partial charge in [0.1, 0.15) is 12.0 Å². The van der Waals surface area contributed by atoms with E-state index in [2.05, 4.69) is 4.74 Å². The first-order valence-electron chi connectivity index (χ1n) is 6.26. The molecule has 4 nitrogen and oxygen atoms in total. The van der Waals surface area contributed by atoms with Crippen molar-refractivity contribution in [2.45, 2.75) is 18.5 Å². The summed E-state index contributed by atoms with van der Waals surface area (Å²) in [5, 5.41) is 0. The fraction of sp³-hybridized carbons (Fsp3) is 0.500. The van der Waals surface area contributed by atoms with Crippen molar-refractivity contribution >= 4 is 5.97 Å². The number of carbonyl (C=O) groups is 1. The molecule has 0 saturated heterocycles. The Morgan fingerprint density at radius 2 is 1.86 bits per heavy atom. The normalized spacial score (nSPS) is 14.6. The molecule has 0 aliphatic carbocycles. The van der Waals surface area contributed by atoms with Crippen LogP contribution in [-0.2, 0) is 19.7 Å². The van der Waals surface area contributed by atoms with Crippen LogP contribution in [0.5, 0.6) is 0 Å². The van der Waals surface area contributed by atoms with Gasteiger partial charge in [-0.25, -0.2) is 0 Å². The molecule has 1 unspecified atom stereocenters. The van der Waals surface area contributed by atoms with Gasteiger partial charge in [-0.2, -0.15) is 13.2 Å². The van der Waals surface area contributed by atoms with Crippen molar-refractivity contribution in [3.05, 3.63) is 35.4 Å². The molecular weight excluding hydrogens is 287 g/mol. The van der Waals surface area contributed by atoms with Gasteiger partial charge in [-0.1, -0.05) is 24.3 Å². The number of nitrogens with two attached hydrogens (primary N) is 1. The van der Waals surface area contributed by atoms with Crippen LogP contribution in [0.2, 0.25) is 0 Å². The maximum absolute atomic E-state index is 12.2. The molecular formula is C14H18F3NO3. The average molecular weight is 305 g/mol. The summed E-state index contributed by atoms with van der Waals surface area (Å²) < 4.78 is 46.1. The van der Waals surface area contributed by atoms with Crippen LogP contribution in [0.1, 0.15) is 11.1 Å². The molecule has 0 bridgehead atoms. The summed E-state index contributed by atoms with van der Waals surface area (Å²) in [5.41, 5.74) is 5.45. The molecule has 0 aliphatic rings. The second kappa shape index (κ2) is 6.91. The number of carbonyl (C=O) groups excluding carboxylic acids is 1. The van der Waals surface area contributed by atoms with Gasteiger partial charge in [-0.3, -0.25) is 4.79 Å². The topological polar surface area (TPSA) is 61.5 Å². The second-order valence-electron chi connectivity index (χ2n) is 4.70. The van der Waals surface area contributed by atoms with Crippen molar-refractivity contribution < 1.29 is 27.4 Å². The third-order valence-corrected chi connectivity index (χ3v) is 3.20. The zero-order valence-electron chi connectivity index (χ0n) is 11.9. The van der Waals surface area contributed by atoms with Gasteiger partial charge in [0, 0.05) is 6.54 Å². The Balaban J connectivity index is 3.11. The van der Waals surface area contributed by atoms with Gasteiger partial charge in [0.25, 0.3) is 0 Å². The lowest BCUT2D eigenvalue weighted by Crippen LogP contribution is -2.48. The maximum Gasteiger partial charge on any atom is 0.411 e. The molecule has 21 heavy (non-hydrogen) atoms.